The lowest BCUT2D eigenvalue weighted by atomic mass is 10.0. The number of rotatable bonds is 5. The third kappa shape index (κ3) is 3.97. The van der Waals surface area contributed by atoms with Crippen LogP contribution in [0.15, 0.2) is 72.8 Å². The summed E-state index contributed by atoms with van der Waals surface area (Å²) in [5, 5.41) is 10.1. The molecular formula is C24H26N2O2. The number of hydrogen-bond acceptors (Lipinski definition) is 4. The molecule has 3 aromatic rings. The Morgan fingerprint density at radius 3 is 2.39 bits per heavy atom. The predicted octanol–water partition coefficient (Wildman–Crippen LogP) is 4.39. The van der Waals surface area contributed by atoms with Gasteiger partial charge in [-0.05, 0) is 35.4 Å². The van der Waals surface area contributed by atoms with Crippen molar-refractivity contribution in [3.63, 3.8) is 0 Å². The smallest absolute Gasteiger partial charge is 0.138 e. The molecule has 28 heavy (non-hydrogen) atoms. The Kier molecular flexibility index (Phi) is 5.49. The fraction of sp³-hybridized carbons (Fsp3) is 0.250. The summed E-state index contributed by atoms with van der Waals surface area (Å²) in [6, 6.07) is 24.4. The summed E-state index contributed by atoms with van der Waals surface area (Å²) in [4.78, 5) is 4.73. The summed E-state index contributed by atoms with van der Waals surface area (Å²) in [6.07, 6.45) is 0. The van der Waals surface area contributed by atoms with E-state index in [2.05, 4.69) is 40.1 Å². The monoisotopic (exact) mass is 374 g/mol. The number of anilines is 1. The molecule has 144 valence electrons. The molecule has 1 aliphatic heterocycles. The van der Waals surface area contributed by atoms with E-state index in [9.17, 15) is 5.11 Å². The molecule has 0 atom stereocenters. The molecule has 1 aliphatic rings. The molecule has 0 aliphatic carbocycles. The first-order valence-corrected chi connectivity index (χ1v) is 9.72. The summed E-state index contributed by atoms with van der Waals surface area (Å²) < 4.78 is 5.52. The number of methoxy groups -OCH3 is 1. The zero-order valence-electron chi connectivity index (χ0n) is 16.2. The predicted molar refractivity (Wildman–Crippen MR) is 114 cm³/mol. The van der Waals surface area contributed by atoms with Gasteiger partial charge in [0.05, 0.1) is 12.8 Å². The van der Waals surface area contributed by atoms with Crippen molar-refractivity contribution in [2.75, 3.05) is 38.2 Å². The van der Waals surface area contributed by atoms with Gasteiger partial charge < -0.3 is 14.7 Å². The number of benzene rings is 3. The van der Waals surface area contributed by atoms with Crippen molar-refractivity contribution in [2.45, 2.75) is 6.54 Å². The molecule has 0 aromatic heterocycles. The fourth-order valence-electron chi connectivity index (χ4n) is 3.86. The van der Waals surface area contributed by atoms with E-state index in [1.165, 1.54) is 11.1 Å². The van der Waals surface area contributed by atoms with E-state index in [0.717, 1.165) is 49.7 Å². The molecule has 1 fully saturated rings. The normalized spacial score (nSPS) is 14.8. The van der Waals surface area contributed by atoms with Crippen LogP contribution < -0.4 is 9.64 Å². The quantitative estimate of drug-likeness (QED) is 0.718. The summed E-state index contributed by atoms with van der Waals surface area (Å²) in [6.45, 7) is 4.73. The van der Waals surface area contributed by atoms with Gasteiger partial charge in [-0.25, -0.2) is 0 Å². The topological polar surface area (TPSA) is 35.9 Å². The Morgan fingerprint density at radius 1 is 0.857 bits per heavy atom. The van der Waals surface area contributed by atoms with E-state index < -0.39 is 0 Å². The van der Waals surface area contributed by atoms with Crippen molar-refractivity contribution in [3.05, 3.63) is 78.4 Å². The first-order chi connectivity index (χ1) is 13.7. The Balaban J connectivity index is 1.43. The maximum Gasteiger partial charge on any atom is 0.138 e. The summed E-state index contributed by atoms with van der Waals surface area (Å²) >= 11 is 0. The highest BCUT2D eigenvalue weighted by Gasteiger charge is 2.19. The number of piperazine rings is 1. The van der Waals surface area contributed by atoms with Crippen LogP contribution in [-0.4, -0.2) is 43.3 Å². The molecule has 4 heteroatoms. The number of hydrogen-bond donors (Lipinski definition) is 1. The van der Waals surface area contributed by atoms with Gasteiger partial charge >= 0.3 is 0 Å². The highest BCUT2D eigenvalue weighted by molar-refractivity contribution is 5.70. The molecule has 0 amide bonds. The van der Waals surface area contributed by atoms with Gasteiger partial charge in [0.1, 0.15) is 11.5 Å². The van der Waals surface area contributed by atoms with Crippen LogP contribution in [0.25, 0.3) is 11.1 Å². The molecule has 0 saturated carbocycles. The lowest BCUT2D eigenvalue weighted by Crippen LogP contribution is -2.45. The van der Waals surface area contributed by atoms with Crippen LogP contribution >= 0.6 is 0 Å². The second kappa shape index (κ2) is 8.36. The van der Waals surface area contributed by atoms with Gasteiger partial charge in [0.25, 0.3) is 0 Å². The van der Waals surface area contributed by atoms with Gasteiger partial charge in [-0.15, -0.1) is 0 Å². The molecular weight excluding hydrogens is 348 g/mol. The Hall–Kier alpha value is -2.98. The Morgan fingerprint density at radius 2 is 1.61 bits per heavy atom. The van der Waals surface area contributed by atoms with E-state index in [1.807, 2.05) is 36.4 Å². The number of nitrogens with zero attached hydrogens (tertiary/aromatic N) is 2. The lowest BCUT2D eigenvalue weighted by molar-refractivity contribution is 0.249. The number of ether oxygens (including phenoxy) is 1. The Labute approximate surface area is 166 Å². The highest BCUT2D eigenvalue weighted by Crippen LogP contribution is 2.31. The van der Waals surface area contributed by atoms with Crippen molar-refractivity contribution in [2.24, 2.45) is 0 Å². The van der Waals surface area contributed by atoms with E-state index in [4.69, 9.17) is 4.74 Å². The van der Waals surface area contributed by atoms with Crippen LogP contribution in [0.1, 0.15) is 5.56 Å². The van der Waals surface area contributed by atoms with Crippen molar-refractivity contribution < 1.29 is 9.84 Å². The summed E-state index contributed by atoms with van der Waals surface area (Å²) in [5.41, 5.74) is 4.54. The van der Waals surface area contributed by atoms with Crippen molar-refractivity contribution in [1.82, 2.24) is 4.90 Å². The molecule has 4 nitrogen and oxygen atoms in total. The second-order valence-corrected chi connectivity index (χ2v) is 7.15. The SMILES string of the molecule is COc1ccccc1-c1cccc(CN2CCN(c3ccccc3O)CC2)c1. The maximum atomic E-state index is 10.1. The third-order valence-corrected chi connectivity index (χ3v) is 5.35. The minimum Gasteiger partial charge on any atom is -0.506 e. The van der Waals surface area contributed by atoms with Crippen molar-refractivity contribution in [3.8, 4) is 22.6 Å². The van der Waals surface area contributed by atoms with E-state index >= 15 is 0 Å². The van der Waals surface area contributed by atoms with Gasteiger partial charge in [0, 0.05) is 38.3 Å². The number of phenols is 1. The molecule has 0 bridgehead atoms. The zero-order valence-corrected chi connectivity index (χ0v) is 16.2. The molecule has 0 radical (unpaired) electrons. The standard InChI is InChI=1S/C24H26N2O2/c1-28-24-12-5-2-9-21(24)20-8-6-7-19(17-20)18-25-13-15-26(16-14-25)22-10-3-4-11-23(22)27/h2-12,17,27H,13-16,18H2,1H3. The van der Waals surface area contributed by atoms with Crippen LogP contribution in [-0.2, 0) is 6.54 Å². The van der Waals surface area contributed by atoms with Gasteiger partial charge in [-0.3, -0.25) is 4.90 Å². The first-order valence-electron chi connectivity index (χ1n) is 9.72. The molecule has 1 N–H and O–H groups in total. The third-order valence-electron chi connectivity index (χ3n) is 5.35. The summed E-state index contributed by atoms with van der Waals surface area (Å²) in [7, 11) is 1.71. The molecule has 0 spiro atoms. The average Bonchev–Trinajstić information content (AvgIpc) is 2.75. The highest BCUT2D eigenvalue weighted by atomic mass is 16.5. The van der Waals surface area contributed by atoms with E-state index in [-0.39, 0.29) is 0 Å². The minimum absolute atomic E-state index is 0.362. The van der Waals surface area contributed by atoms with Crippen LogP contribution in [0.4, 0.5) is 5.69 Å². The van der Waals surface area contributed by atoms with Gasteiger partial charge in [0.15, 0.2) is 0 Å². The van der Waals surface area contributed by atoms with E-state index in [0.29, 0.717) is 5.75 Å². The Bertz CT molecular complexity index is 933. The van der Waals surface area contributed by atoms with Gasteiger partial charge in [-0.1, -0.05) is 48.5 Å². The largest absolute Gasteiger partial charge is 0.506 e. The van der Waals surface area contributed by atoms with Gasteiger partial charge in [0.2, 0.25) is 0 Å². The number of aromatic hydroxyl groups is 1. The first kappa shape index (κ1) is 18.4. The van der Waals surface area contributed by atoms with Crippen molar-refractivity contribution >= 4 is 5.69 Å². The molecule has 0 unspecified atom stereocenters. The van der Waals surface area contributed by atoms with E-state index in [1.54, 1.807) is 13.2 Å². The summed E-state index contributed by atoms with van der Waals surface area (Å²) in [5.74, 6) is 1.26. The number of para-hydroxylation sites is 3. The zero-order chi connectivity index (χ0) is 19.3. The molecule has 3 aromatic carbocycles. The van der Waals surface area contributed by atoms with Crippen LogP contribution in [0.3, 0.4) is 0 Å². The molecule has 1 saturated heterocycles. The van der Waals surface area contributed by atoms with Crippen molar-refractivity contribution in [1.29, 1.82) is 0 Å². The molecule has 4 rings (SSSR count). The second-order valence-electron chi connectivity index (χ2n) is 7.15. The van der Waals surface area contributed by atoms with Crippen LogP contribution in [0, 0.1) is 0 Å². The average molecular weight is 374 g/mol. The molecule has 1 heterocycles. The number of phenolic OH excluding ortho intramolecular Hbond substituents is 1. The lowest BCUT2D eigenvalue weighted by Gasteiger charge is -2.36. The maximum absolute atomic E-state index is 10.1. The van der Waals surface area contributed by atoms with Crippen LogP contribution in [0.5, 0.6) is 11.5 Å². The van der Waals surface area contributed by atoms with Crippen LogP contribution in [0.2, 0.25) is 0 Å². The van der Waals surface area contributed by atoms with Gasteiger partial charge in [-0.2, -0.15) is 0 Å². The minimum atomic E-state index is 0.362. The fourth-order valence-corrected chi connectivity index (χ4v) is 3.86.